The average Bonchev–Trinajstić information content (AvgIpc) is 3.06. The van der Waals surface area contributed by atoms with Crippen LogP contribution in [0.15, 0.2) is 31.1 Å². The number of nitrogens with one attached hydrogen (secondary N) is 2. The zero-order valence-corrected chi connectivity index (χ0v) is 12.9. The highest BCUT2D eigenvalue weighted by Crippen LogP contribution is 2.20. The number of nitrogens with zero attached hydrogens (tertiary/aromatic N) is 4. The van der Waals surface area contributed by atoms with Crippen molar-refractivity contribution >= 4 is 11.6 Å². The van der Waals surface area contributed by atoms with Crippen molar-refractivity contribution in [2.24, 2.45) is 0 Å². The van der Waals surface area contributed by atoms with Gasteiger partial charge in [-0.3, -0.25) is 10.2 Å². The fourth-order valence-corrected chi connectivity index (χ4v) is 2.78. The van der Waals surface area contributed by atoms with Crippen LogP contribution in [0.2, 0.25) is 0 Å². The second kappa shape index (κ2) is 7.64. The van der Waals surface area contributed by atoms with Crippen molar-refractivity contribution in [1.82, 2.24) is 30.2 Å². The van der Waals surface area contributed by atoms with Crippen LogP contribution in [0.4, 0.5) is 0 Å². The van der Waals surface area contributed by atoms with Crippen LogP contribution in [-0.4, -0.2) is 56.6 Å². The number of halogens is 1. The third-order valence-corrected chi connectivity index (χ3v) is 3.86. The number of imidazole rings is 1. The van der Waals surface area contributed by atoms with Gasteiger partial charge in [0.1, 0.15) is 18.1 Å². The Labute approximate surface area is 134 Å². The monoisotopic (exact) mass is 322 g/mol. The SMILES string of the molecule is ClC1CN(C(NCCc2cnc[nH]2)c2ccncn2)CCO1. The van der Waals surface area contributed by atoms with Gasteiger partial charge in [-0.1, -0.05) is 11.6 Å². The lowest BCUT2D eigenvalue weighted by atomic mass is 10.2. The lowest BCUT2D eigenvalue weighted by Gasteiger charge is -2.36. The third-order valence-electron chi connectivity index (χ3n) is 3.59. The Morgan fingerprint density at radius 2 is 2.45 bits per heavy atom. The van der Waals surface area contributed by atoms with E-state index < -0.39 is 0 Å². The molecule has 1 aliphatic heterocycles. The van der Waals surface area contributed by atoms with Crippen molar-refractivity contribution in [3.05, 3.63) is 42.5 Å². The highest BCUT2D eigenvalue weighted by molar-refractivity contribution is 6.19. The van der Waals surface area contributed by atoms with E-state index in [1.165, 1.54) is 0 Å². The molecule has 0 spiro atoms. The number of morpholine rings is 1. The molecule has 0 aromatic carbocycles. The maximum absolute atomic E-state index is 6.12. The van der Waals surface area contributed by atoms with E-state index in [2.05, 4.69) is 30.2 Å². The van der Waals surface area contributed by atoms with Gasteiger partial charge in [-0.2, -0.15) is 0 Å². The van der Waals surface area contributed by atoms with Crippen molar-refractivity contribution in [2.45, 2.75) is 18.1 Å². The predicted octanol–water partition coefficient (Wildman–Crippen LogP) is 0.928. The Kier molecular flexibility index (Phi) is 5.33. The highest BCUT2D eigenvalue weighted by atomic mass is 35.5. The summed E-state index contributed by atoms with van der Waals surface area (Å²) in [7, 11) is 0. The van der Waals surface area contributed by atoms with Crippen molar-refractivity contribution in [3.8, 4) is 0 Å². The van der Waals surface area contributed by atoms with E-state index in [4.69, 9.17) is 16.3 Å². The summed E-state index contributed by atoms with van der Waals surface area (Å²) in [5.41, 5.74) is 1.75. The first kappa shape index (κ1) is 15.4. The molecule has 1 aliphatic rings. The van der Waals surface area contributed by atoms with Gasteiger partial charge in [0.25, 0.3) is 0 Å². The molecule has 2 atom stereocenters. The zero-order valence-electron chi connectivity index (χ0n) is 12.2. The number of ether oxygens (including phenoxy) is 1. The fraction of sp³-hybridized carbons (Fsp3) is 0.500. The molecule has 118 valence electrons. The van der Waals surface area contributed by atoms with Crippen LogP contribution < -0.4 is 5.32 Å². The van der Waals surface area contributed by atoms with E-state index in [1.54, 1.807) is 18.9 Å². The molecule has 0 bridgehead atoms. The van der Waals surface area contributed by atoms with E-state index in [0.29, 0.717) is 13.2 Å². The van der Waals surface area contributed by atoms with Crippen molar-refractivity contribution in [2.75, 3.05) is 26.2 Å². The molecule has 22 heavy (non-hydrogen) atoms. The summed E-state index contributed by atoms with van der Waals surface area (Å²) in [6.07, 6.45) is 7.72. The first-order valence-electron chi connectivity index (χ1n) is 7.29. The van der Waals surface area contributed by atoms with Crippen LogP contribution in [0, 0.1) is 0 Å². The Morgan fingerprint density at radius 3 is 3.18 bits per heavy atom. The molecule has 2 unspecified atom stereocenters. The second-order valence-corrected chi connectivity index (χ2v) is 5.58. The Balaban J connectivity index is 1.66. The number of hydrogen-bond acceptors (Lipinski definition) is 6. The van der Waals surface area contributed by atoms with E-state index in [-0.39, 0.29) is 11.7 Å². The summed E-state index contributed by atoms with van der Waals surface area (Å²) in [4.78, 5) is 17.7. The fourth-order valence-electron chi connectivity index (χ4n) is 2.51. The van der Waals surface area contributed by atoms with Gasteiger partial charge in [-0.25, -0.2) is 15.0 Å². The van der Waals surface area contributed by atoms with E-state index in [1.807, 2.05) is 12.3 Å². The lowest BCUT2D eigenvalue weighted by molar-refractivity contribution is -0.0129. The molecule has 2 N–H and O–H groups in total. The molecule has 0 aliphatic carbocycles. The van der Waals surface area contributed by atoms with Gasteiger partial charge >= 0.3 is 0 Å². The molecule has 3 rings (SSSR count). The quantitative estimate of drug-likeness (QED) is 0.770. The number of aromatic amines is 1. The number of rotatable bonds is 6. The smallest absolute Gasteiger partial charge is 0.143 e. The van der Waals surface area contributed by atoms with Crippen molar-refractivity contribution < 1.29 is 4.74 Å². The van der Waals surface area contributed by atoms with Crippen LogP contribution in [0.1, 0.15) is 17.6 Å². The molecule has 0 amide bonds. The normalized spacial score (nSPS) is 20.9. The summed E-state index contributed by atoms with van der Waals surface area (Å²) in [6, 6.07) is 1.92. The largest absolute Gasteiger partial charge is 0.360 e. The maximum Gasteiger partial charge on any atom is 0.143 e. The first-order valence-corrected chi connectivity index (χ1v) is 7.73. The van der Waals surface area contributed by atoms with Gasteiger partial charge in [0.2, 0.25) is 0 Å². The minimum atomic E-state index is -0.285. The third kappa shape index (κ3) is 4.01. The minimum Gasteiger partial charge on any atom is -0.360 e. The Morgan fingerprint density at radius 1 is 1.50 bits per heavy atom. The predicted molar refractivity (Wildman–Crippen MR) is 82.2 cm³/mol. The summed E-state index contributed by atoms with van der Waals surface area (Å²) in [6.45, 7) is 2.90. The zero-order chi connectivity index (χ0) is 15.2. The molecule has 3 heterocycles. The standard InChI is InChI=1S/C14H19ClN6O/c15-13-8-21(5-6-22-13)14(12-2-3-16-9-20-12)18-4-1-11-7-17-10-19-11/h2-3,7,9-10,13-14,18H,1,4-6,8H2,(H,17,19). The van der Waals surface area contributed by atoms with E-state index in [0.717, 1.165) is 30.9 Å². The molecule has 2 aromatic heterocycles. The van der Waals surface area contributed by atoms with Gasteiger partial charge in [-0.05, 0) is 6.07 Å². The molecule has 2 aromatic rings. The molecule has 8 heteroatoms. The summed E-state index contributed by atoms with van der Waals surface area (Å²) in [5.74, 6) is 0. The number of aromatic nitrogens is 4. The van der Waals surface area contributed by atoms with Crippen molar-refractivity contribution in [3.63, 3.8) is 0 Å². The summed E-state index contributed by atoms with van der Waals surface area (Å²) in [5, 5.41) is 3.54. The molecular weight excluding hydrogens is 304 g/mol. The van der Waals surface area contributed by atoms with Gasteiger partial charge in [-0.15, -0.1) is 0 Å². The summed E-state index contributed by atoms with van der Waals surface area (Å²) < 4.78 is 5.41. The van der Waals surface area contributed by atoms with Crippen LogP contribution in [-0.2, 0) is 11.2 Å². The number of alkyl halides is 1. The molecular formula is C14H19ClN6O. The summed E-state index contributed by atoms with van der Waals surface area (Å²) >= 11 is 6.12. The van der Waals surface area contributed by atoms with Crippen LogP contribution in [0.25, 0.3) is 0 Å². The molecule has 0 saturated carbocycles. The average molecular weight is 323 g/mol. The highest BCUT2D eigenvalue weighted by Gasteiger charge is 2.26. The van der Waals surface area contributed by atoms with Crippen LogP contribution in [0.5, 0.6) is 0 Å². The number of hydrogen-bond donors (Lipinski definition) is 2. The lowest BCUT2D eigenvalue weighted by Crippen LogP contribution is -2.47. The second-order valence-electron chi connectivity index (χ2n) is 5.09. The van der Waals surface area contributed by atoms with E-state index in [9.17, 15) is 0 Å². The van der Waals surface area contributed by atoms with Gasteiger partial charge in [0.05, 0.1) is 18.6 Å². The van der Waals surface area contributed by atoms with Gasteiger partial charge < -0.3 is 9.72 Å². The molecule has 1 fully saturated rings. The molecule has 0 radical (unpaired) electrons. The molecule has 1 saturated heterocycles. The topological polar surface area (TPSA) is 79.0 Å². The van der Waals surface area contributed by atoms with Gasteiger partial charge in [0, 0.05) is 44.1 Å². The van der Waals surface area contributed by atoms with Crippen molar-refractivity contribution in [1.29, 1.82) is 0 Å². The molecule has 7 nitrogen and oxygen atoms in total. The Hall–Kier alpha value is -1.54. The van der Waals surface area contributed by atoms with Gasteiger partial charge in [0.15, 0.2) is 0 Å². The minimum absolute atomic E-state index is 0.00364. The first-order chi connectivity index (χ1) is 10.8. The van der Waals surface area contributed by atoms with E-state index >= 15 is 0 Å². The number of H-pyrrole nitrogens is 1. The van der Waals surface area contributed by atoms with Crippen LogP contribution in [0.3, 0.4) is 0 Å². The Bertz CT molecular complexity index is 552. The maximum atomic E-state index is 6.12. The van der Waals surface area contributed by atoms with Crippen LogP contribution >= 0.6 is 11.6 Å².